The molecule has 0 atom stereocenters. The summed E-state index contributed by atoms with van der Waals surface area (Å²) in [5, 5.41) is 12.1. The maximum absolute atomic E-state index is 8.93. The van der Waals surface area contributed by atoms with Crippen LogP contribution in [0.5, 0.6) is 11.5 Å². The molecule has 108 valence electrons. The van der Waals surface area contributed by atoms with Gasteiger partial charge in [-0.2, -0.15) is 5.26 Å². The third-order valence-electron chi connectivity index (χ3n) is 2.71. The molecule has 1 aromatic carbocycles. The molecule has 0 spiro atoms. The third kappa shape index (κ3) is 3.86. The topological polar surface area (TPSA) is 67.2 Å². The number of benzene rings is 1. The van der Waals surface area contributed by atoms with Gasteiger partial charge in [-0.05, 0) is 38.1 Å². The number of aromatic nitrogens is 1. The minimum Gasteiger partial charge on any atom is -0.494 e. The first-order valence-corrected chi connectivity index (χ1v) is 6.79. The van der Waals surface area contributed by atoms with Gasteiger partial charge in [0, 0.05) is 12.3 Å². The highest BCUT2D eigenvalue weighted by molar-refractivity contribution is 5.66. The minimum atomic E-state index is 0.548. The number of nitriles is 1. The van der Waals surface area contributed by atoms with Crippen LogP contribution in [0.2, 0.25) is 0 Å². The van der Waals surface area contributed by atoms with Crippen molar-refractivity contribution < 1.29 is 9.47 Å². The summed E-state index contributed by atoms with van der Waals surface area (Å²) in [6.45, 7) is 5.01. The molecule has 0 saturated carbocycles. The molecular weight excluding hydrogens is 266 g/mol. The van der Waals surface area contributed by atoms with E-state index in [0.717, 1.165) is 11.4 Å². The van der Waals surface area contributed by atoms with Crippen LogP contribution in [0.3, 0.4) is 0 Å². The molecule has 1 N–H and O–H groups in total. The van der Waals surface area contributed by atoms with Crippen molar-refractivity contribution in [1.82, 2.24) is 4.98 Å². The van der Waals surface area contributed by atoms with Crippen LogP contribution in [0.25, 0.3) is 0 Å². The SMILES string of the molecule is CCOc1ccc(OCC)c(Nc2cc(C#N)ccn2)c1. The van der Waals surface area contributed by atoms with Gasteiger partial charge in [-0.1, -0.05) is 0 Å². The number of hydrogen-bond acceptors (Lipinski definition) is 5. The zero-order chi connectivity index (χ0) is 15.1. The summed E-state index contributed by atoms with van der Waals surface area (Å²) in [5.41, 5.74) is 1.30. The Morgan fingerprint density at radius 3 is 2.67 bits per heavy atom. The molecule has 0 aliphatic heterocycles. The Balaban J connectivity index is 2.31. The van der Waals surface area contributed by atoms with E-state index in [-0.39, 0.29) is 0 Å². The van der Waals surface area contributed by atoms with Crippen molar-refractivity contribution >= 4 is 11.5 Å². The van der Waals surface area contributed by atoms with Gasteiger partial charge < -0.3 is 14.8 Å². The number of pyridine rings is 1. The fourth-order valence-corrected chi connectivity index (χ4v) is 1.85. The van der Waals surface area contributed by atoms with E-state index in [1.165, 1.54) is 0 Å². The lowest BCUT2D eigenvalue weighted by Crippen LogP contribution is -2.00. The molecule has 0 amide bonds. The average molecular weight is 283 g/mol. The summed E-state index contributed by atoms with van der Waals surface area (Å²) in [4.78, 5) is 4.20. The molecule has 0 saturated heterocycles. The summed E-state index contributed by atoms with van der Waals surface area (Å²) in [5.74, 6) is 2.05. The summed E-state index contributed by atoms with van der Waals surface area (Å²) < 4.78 is 11.1. The molecule has 0 fully saturated rings. The maximum atomic E-state index is 8.93. The molecule has 2 rings (SSSR count). The lowest BCUT2D eigenvalue weighted by Gasteiger charge is -2.14. The number of anilines is 2. The molecule has 1 aromatic heterocycles. The standard InChI is InChI=1S/C16H17N3O2/c1-3-20-13-5-6-15(21-4-2)14(10-13)19-16-9-12(11-17)7-8-18-16/h5-10H,3-4H2,1-2H3,(H,18,19). The van der Waals surface area contributed by atoms with Gasteiger partial charge in [0.2, 0.25) is 0 Å². The van der Waals surface area contributed by atoms with Crippen LogP contribution in [0, 0.1) is 11.3 Å². The van der Waals surface area contributed by atoms with Crippen molar-refractivity contribution in [3.8, 4) is 17.6 Å². The van der Waals surface area contributed by atoms with E-state index in [9.17, 15) is 0 Å². The highest BCUT2D eigenvalue weighted by Gasteiger charge is 2.07. The summed E-state index contributed by atoms with van der Waals surface area (Å²) in [7, 11) is 0. The van der Waals surface area contributed by atoms with Gasteiger partial charge >= 0.3 is 0 Å². The lowest BCUT2D eigenvalue weighted by atomic mass is 10.2. The van der Waals surface area contributed by atoms with E-state index in [1.807, 2.05) is 32.0 Å². The van der Waals surface area contributed by atoms with Crippen LogP contribution in [0.4, 0.5) is 11.5 Å². The lowest BCUT2D eigenvalue weighted by molar-refractivity contribution is 0.332. The molecule has 0 radical (unpaired) electrons. The zero-order valence-electron chi connectivity index (χ0n) is 12.1. The van der Waals surface area contributed by atoms with E-state index in [2.05, 4.69) is 16.4 Å². The summed E-state index contributed by atoms with van der Waals surface area (Å²) in [6, 6.07) is 11.0. The Kier molecular flexibility index (Phi) is 4.99. The normalized spacial score (nSPS) is 9.76. The van der Waals surface area contributed by atoms with Crippen LogP contribution in [-0.2, 0) is 0 Å². The first-order chi connectivity index (χ1) is 10.3. The molecule has 0 aliphatic rings. The van der Waals surface area contributed by atoms with E-state index < -0.39 is 0 Å². The molecule has 2 aromatic rings. The second-order valence-corrected chi connectivity index (χ2v) is 4.19. The minimum absolute atomic E-state index is 0.548. The van der Waals surface area contributed by atoms with E-state index in [4.69, 9.17) is 14.7 Å². The van der Waals surface area contributed by atoms with Crippen molar-refractivity contribution in [3.63, 3.8) is 0 Å². The van der Waals surface area contributed by atoms with Crippen LogP contribution in [0.15, 0.2) is 36.5 Å². The smallest absolute Gasteiger partial charge is 0.143 e. The molecule has 21 heavy (non-hydrogen) atoms. The van der Waals surface area contributed by atoms with Crippen LogP contribution < -0.4 is 14.8 Å². The van der Waals surface area contributed by atoms with Crippen molar-refractivity contribution in [2.75, 3.05) is 18.5 Å². The highest BCUT2D eigenvalue weighted by Crippen LogP contribution is 2.31. The predicted octanol–water partition coefficient (Wildman–Crippen LogP) is 3.49. The van der Waals surface area contributed by atoms with Gasteiger partial charge in [0.15, 0.2) is 0 Å². The Morgan fingerprint density at radius 1 is 1.14 bits per heavy atom. The van der Waals surface area contributed by atoms with Crippen LogP contribution >= 0.6 is 0 Å². The van der Waals surface area contributed by atoms with Crippen molar-refractivity contribution in [3.05, 3.63) is 42.1 Å². The molecular formula is C16H17N3O2. The Morgan fingerprint density at radius 2 is 1.95 bits per heavy atom. The van der Waals surface area contributed by atoms with Crippen molar-refractivity contribution in [2.45, 2.75) is 13.8 Å². The molecule has 1 heterocycles. The van der Waals surface area contributed by atoms with Gasteiger partial charge in [0.1, 0.15) is 17.3 Å². The van der Waals surface area contributed by atoms with E-state index in [0.29, 0.717) is 30.3 Å². The summed E-state index contributed by atoms with van der Waals surface area (Å²) in [6.07, 6.45) is 1.59. The maximum Gasteiger partial charge on any atom is 0.143 e. The monoisotopic (exact) mass is 283 g/mol. The first-order valence-electron chi connectivity index (χ1n) is 6.79. The fraction of sp³-hybridized carbons (Fsp3) is 0.250. The largest absolute Gasteiger partial charge is 0.494 e. The molecule has 5 heteroatoms. The van der Waals surface area contributed by atoms with Gasteiger partial charge in [0.25, 0.3) is 0 Å². The Hall–Kier alpha value is -2.74. The van der Waals surface area contributed by atoms with Crippen LogP contribution in [0.1, 0.15) is 19.4 Å². The summed E-state index contributed by atoms with van der Waals surface area (Å²) >= 11 is 0. The van der Waals surface area contributed by atoms with E-state index in [1.54, 1.807) is 18.3 Å². The Bertz CT molecular complexity index is 650. The average Bonchev–Trinajstić information content (AvgIpc) is 2.50. The zero-order valence-corrected chi connectivity index (χ0v) is 12.1. The third-order valence-corrected chi connectivity index (χ3v) is 2.71. The quantitative estimate of drug-likeness (QED) is 0.879. The van der Waals surface area contributed by atoms with Crippen molar-refractivity contribution in [2.24, 2.45) is 0 Å². The van der Waals surface area contributed by atoms with Crippen molar-refractivity contribution in [1.29, 1.82) is 5.26 Å². The van der Waals surface area contributed by atoms with Gasteiger partial charge in [-0.15, -0.1) is 0 Å². The molecule has 5 nitrogen and oxygen atoms in total. The van der Waals surface area contributed by atoms with Gasteiger partial charge in [-0.25, -0.2) is 4.98 Å². The van der Waals surface area contributed by atoms with E-state index >= 15 is 0 Å². The number of nitrogens with zero attached hydrogens (tertiary/aromatic N) is 2. The highest BCUT2D eigenvalue weighted by atomic mass is 16.5. The number of hydrogen-bond donors (Lipinski definition) is 1. The van der Waals surface area contributed by atoms with Gasteiger partial charge in [-0.3, -0.25) is 0 Å². The number of ether oxygens (including phenoxy) is 2. The molecule has 0 aliphatic carbocycles. The predicted molar refractivity (Wildman–Crippen MR) is 81.0 cm³/mol. The molecule has 0 bridgehead atoms. The number of nitrogens with one attached hydrogen (secondary N) is 1. The van der Waals surface area contributed by atoms with Crippen LogP contribution in [-0.4, -0.2) is 18.2 Å². The number of rotatable bonds is 6. The second kappa shape index (κ2) is 7.15. The fourth-order valence-electron chi connectivity index (χ4n) is 1.85. The second-order valence-electron chi connectivity index (χ2n) is 4.19. The first kappa shape index (κ1) is 14.7. The van der Waals surface area contributed by atoms with Gasteiger partial charge in [0.05, 0.1) is 30.5 Å². The Labute approximate surface area is 124 Å². The molecule has 0 unspecified atom stereocenters.